The van der Waals surface area contributed by atoms with Gasteiger partial charge in [0.25, 0.3) is 11.6 Å². The van der Waals surface area contributed by atoms with E-state index in [0.29, 0.717) is 18.9 Å². The Balaban J connectivity index is 1.80. The fourth-order valence-electron chi connectivity index (χ4n) is 2.70. The van der Waals surface area contributed by atoms with Crippen LogP contribution >= 0.6 is 0 Å². The van der Waals surface area contributed by atoms with Crippen molar-refractivity contribution in [1.29, 1.82) is 0 Å². The Bertz CT molecular complexity index is 878. The summed E-state index contributed by atoms with van der Waals surface area (Å²) < 4.78 is 4.95. The van der Waals surface area contributed by atoms with Gasteiger partial charge in [-0.15, -0.1) is 0 Å². The fraction of sp³-hybridized carbons (Fsp3) is 0.333. The number of carbonyl (C=O) groups is 2. The van der Waals surface area contributed by atoms with E-state index in [0.717, 1.165) is 11.6 Å². The van der Waals surface area contributed by atoms with Gasteiger partial charge in [-0.1, -0.05) is 38.1 Å². The highest BCUT2D eigenvalue weighted by atomic mass is 16.6. The minimum absolute atomic E-state index is 0.00809. The van der Waals surface area contributed by atoms with E-state index >= 15 is 0 Å². The number of ether oxygens (including phenoxy) is 1. The summed E-state index contributed by atoms with van der Waals surface area (Å²) >= 11 is 0. The molecule has 1 amide bonds. The average Bonchev–Trinajstić information content (AvgIpc) is 2.71. The lowest BCUT2D eigenvalue weighted by atomic mass is 10.0. The molecule has 0 saturated heterocycles. The molecule has 2 aromatic rings. The molecular weight excluding hydrogens is 374 g/mol. The summed E-state index contributed by atoms with van der Waals surface area (Å²) in [5.74, 6) is -0.761. The van der Waals surface area contributed by atoms with Crippen LogP contribution in [-0.2, 0) is 16.0 Å². The molecule has 0 saturated carbocycles. The standard InChI is InChI=1S/C21H25N3O5/c1-14(2)16-6-4-15(5-7-16)10-11-23-20(25)13-29-21(26)17-8-9-18(22-3)19(12-17)24(27)28/h4-9,12,14,22H,10-11,13H2,1-3H3,(H,23,25). The van der Waals surface area contributed by atoms with Crippen molar-refractivity contribution < 1.29 is 19.2 Å². The first-order valence-electron chi connectivity index (χ1n) is 9.30. The van der Waals surface area contributed by atoms with Gasteiger partial charge in [0, 0.05) is 19.7 Å². The van der Waals surface area contributed by atoms with E-state index in [2.05, 4.69) is 36.6 Å². The number of esters is 1. The van der Waals surface area contributed by atoms with E-state index < -0.39 is 23.4 Å². The predicted octanol–water partition coefficient (Wildman–Crippen LogP) is 3.28. The maximum absolute atomic E-state index is 12.1. The highest BCUT2D eigenvalue weighted by molar-refractivity contribution is 5.93. The molecule has 8 nitrogen and oxygen atoms in total. The SMILES string of the molecule is CNc1ccc(C(=O)OCC(=O)NCCc2ccc(C(C)C)cc2)cc1[N+](=O)[O-]. The third-order valence-corrected chi connectivity index (χ3v) is 4.42. The second kappa shape index (κ2) is 10.2. The summed E-state index contributed by atoms with van der Waals surface area (Å²) in [4.78, 5) is 34.4. The second-order valence-electron chi connectivity index (χ2n) is 6.81. The van der Waals surface area contributed by atoms with Gasteiger partial charge in [0.1, 0.15) is 5.69 Å². The van der Waals surface area contributed by atoms with E-state index in [1.54, 1.807) is 7.05 Å². The Morgan fingerprint density at radius 1 is 1.14 bits per heavy atom. The summed E-state index contributed by atoms with van der Waals surface area (Å²) in [6.07, 6.45) is 0.662. The monoisotopic (exact) mass is 399 g/mol. The van der Waals surface area contributed by atoms with Crippen LogP contribution in [0.25, 0.3) is 0 Å². The van der Waals surface area contributed by atoms with Gasteiger partial charge in [-0.25, -0.2) is 4.79 Å². The Hall–Kier alpha value is -3.42. The van der Waals surface area contributed by atoms with Gasteiger partial charge < -0.3 is 15.4 Å². The number of amides is 1. The van der Waals surface area contributed by atoms with Crippen LogP contribution < -0.4 is 10.6 Å². The number of benzene rings is 2. The molecule has 154 valence electrons. The Morgan fingerprint density at radius 3 is 2.41 bits per heavy atom. The largest absolute Gasteiger partial charge is 0.452 e. The van der Waals surface area contributed by atoms with E-state index in [-0.39, 0.29) is 16.9 Å². The molecular formula is C21H25N3O5. The molecule has 0 aliphatic carbocycles. The zero-order valence-corrected chi connectivity index (χ0v) is 16.7. The van der Waals surface area contributed by atoms with Crippen molar-refractivity contribution in [3.63, 3.8) is 0 Å². The number of hydrogen-bond donors (Lipinski definition) is 2. The maximum atomic E-state index is 12.1. The minimum atomic E-state index is -0.796. The smallest absolute Gasteiger partial charge is 0.338 e. The number of hydrogen-bond acceptors (Lipinski definition) is 6. The lowest BCUT2D eigenvalue weighted by Gasteiger charge is -2.09. The van der Waals surface area contributed by atoms with Gasteiger partial charge in [-0.05, 0) is 35.6 Å². The van der Waals surface area contributed by atoms with Gasteiger partial charge in [-0.3, -0.25) is 14.9 Å². The van der Waals surface area contributed by atoms with Gasteiger partial charge in [0.05, 0.1) is 10.5 Å². The number of carbonyl (C=O) groups excluding carboxylic acids is 2. The molecule has 2 aromatic carbocycles. The van der Waals surface area contributed by atoms with Crippen molar-refractivity contribution in [3.05, 3.63) is 69.3 Å². The van der Waals surface area contributed by atoms with Crippen molar-refractivity contribution in [1.82, 2.24) is 5.32 Å². The normalized spacial score (nSPS) is 10.5. The van der Waals surface area contributed by atoms with Crippen molar-refractivity contribution in [2.45, 2.75) is 26.2 Å². The van der Waals surface area contributed by atoms with Crippen LogP contribution in [0, 0.1) is 10.1 Å². The zero-order chi connectivity index (χ0) is 21.4. The maximum Gasteiger partial charge on any atom is 0.338 e. The zero-order valence-electron chi connectivity index (χ0n) is 16.7. The van der Waals surface area contributed by atoms with Crippen molar-refractivity contribution in [2.24, 2.45) is 0 Å². The van der Waals surface area contributed by atoms with Crippen molar-refractivity contribution >= 4 is 23.3 Å². The molecule has 0 radical (unpaired) electrons. The van der Waals surface area contributed by atoms with Gasteiger partial charge in [0.2, 0.25) is 0 Å². The number of nitro groups is 1. The molecule has 0 aliphatic rings. The second-order valence-corrected chi connectivity index (χ2v) is 6.81. The predicted molar refractivity (Wildman–Crippen MR) is 110 cm³/mol. The van der Waals surface area contributed by atoms with Crippen molar-refractivity contribution in [2.75, 3.05) is 25.5 Å². The Kier molecular flexibility index (Phi) is 7.70. The first kappa shape index (κ1) is 21.9. The summed E-state index contributed by atoms with van der Waals surface area (Å²) in [7, 11) is 1.54. The molecule has 0 aromatic heterocycles. The fourth-order valence-corrected chi connectivity index (χ4v) is 2.70. The van der Waals surface area contributed by atoms with Gasteiger partial charge >= 0.3 is 5.97 Å². The minimum Gasteiger partial charge on any atom is -0.452 e. The molecule has 29 heavy (non-hydrogen) atoms. The molecule has 0 atom stereocenters. The summed E-state index contributed by atoms with van der Waals surface area (Å²) in [5, 5.41) is 16.4. The first-order valence-corrected chi connectivity index (χ1v) is 9.30. The molecule has 0 unspecified atom stereocenters. The topological polar surface area (TPSA) is 111 Å². The molecule has 8 heteroatoms. The van der Waals surface area contributed by atoms with Gasteiger partial charge in [0.15, 0.2) is 6.61 Å². The number of rotatable bonds is 9. The summed E-state index contributed by atoms with van der Waals surface area (Å²) in [5.41, 5.74) is 2.41. The van der Waals surface area contributed by atoms with Gasteiger partial charge in [-0.2, -0.15) is 0 Å². The molecule has 0 spiro atoms. The Labute approximate surface area is 169 Å². The summed E-state index contributed by atoms with van der Waals surface area (Å²) in [6, 6.07) is 12.1. The highest BCUT2D eigenvalue weighted by Gasteiger charge is 2.18. The van der Waals surface area contributed by atoms with E-state index in [4.69, 9.17) is 4.74 Å². The average molecular weight is 399 g/mol. The third-order valence-electron chi connectivity index (χ3n) is 4.42. The number of nitrogens with zero attached hydrogens (tertiary/aromatic N) is 1. The number of anilines is 1. The molecule has 0 aliphatic heterocycles. The van der Waals surface area contributed by atoms with Crippen LogP contribution in [0.4, 0.5) is 11.4 Å². The van der Waals surface area contributed by atoms with Crippen LogP contribution in [0.2, 0.25) is 0 Å². The van der Waals surface area contributed by atoms with E-state index in [1.165, 1.54) is 17.7 Å². The van der Waals surface area contributed by atoms with E-state index in [9.17, 15) is 19.7 Å². The van der Waals surface area contributed by atoms with Crippen LogP contribution in [0.15, 0.2) is 42.5 Å². The Morgan fingerprint density at radius 2 is 1.83 bits per heavy atom. The molecule has 0 fully saturated rings. The molecule has 2 N–H and O–H groups in total. The number of nitrogens with one attached hydrogen (secondary N) is 2. The van der Waals surface area contributed by atoms with E-state index in [1.807, 2.05) is 12.1 Å². The third kappa shape index (κ3) is 6.31. The first-order chi connectivity index (χ1) is 13.8. The van der Waals surface area contributed by atoms with Crippen LogP contribution in [0.3, 0.4) is 0 Å². The van der Waals surface area contributed by atoms with Crippen LogP contribution in [-0.4, -0.2) is 37.0 Å². The van der Waals surface area contributed by atoms with Crippen LogP contribution in [0.5, 0.6) is 0 Å². The summed E-state index contributed by atoms with van der Waals surface area (Å²) in [6.45, 7) is 4.22. The highest BCUT2D eigenvalue weighted by Crippen LogP contribution is 2.25. The number of nitro benzene ring substituents is 1. The molecule has 0 heterocycles. The molecule has 2 rings (SSSR count). The lowest BCUT2D eigenvalue weighted by molar-refractivity contribution is -0.384. The molecule has 0 bridgehead atoms. The lowest BCUT2D eigenvalue weighted by Crippen LogP contribution is -2.30. The van der Waals surface area contributed by atoms with Crippen molar-refractivity contribution in [3.8, 4) is 0 Å². The van der Waals surface area contributed by atoms with Crippen LogP contribution in [0.1, 0.15) is 41.3 Å². The quantitative estimate of drug-likeness (QED) is 0.380.